The molecule has 3 aromatic rings. The fraction of sp³-hybridized carbons (Fsp3) is 0.100. The second-order valence-corrected chi connectivity index (χ2v) is 5.50. The van der Waals surface area contributed by atoms with Crippen molar-refractivity contribution in [2.24, 2.45) is 0 Å². The lowest BCUT2D eigenvalue weighted by molar-refractivity contribution is -0.105. The van der Waals surface area contributed by atoms with Crippen molar-refractivity contribution < 1.29 is 14.3 Å². The average Bonchev–Trinajstić information content (AvgIpc) is 3.08. The minimum absolute atomic E-state index is 0.549. The second kappa shape index (κ2) is 8.02. The summed E-state index contributed by atoms with van der Waals surface area (Å²) in [5.41, 5.74) is 4.44. The average molecular weight is 349 g/mol. The van der Waals surface area contributed by atoms with Crippen LogP contribution in [-0.4, -0.2) is 24.3 Å². The van der Waals surface area contributed by atoms with E-state index < -0.39 is 0 Å². The molecule has 6 nitrogen and oxygen atoms in total. The number of aldehydes is 1. The minimum atomic E-state index is 0.549. The SMILES string of the molecule is CCOc1cc2c(-c3ccc(NC=CC=O)cc3)ccc(NC=O)c2[nH]1. The van der Waals surface area contributed by atoms with Crippen molar-refractivity contribution >= 4 is 35.0 Å². The van der Waals surface area contributed by atoms with Gasteiger partial charge in [0.1, 0.15) is 6.29 Å². The first-order valence-electron chi connectivity index (χ1n) is 8.22. The highest BCUT2D eigenvalue weighted by Gasteiger charge is 2.12. The van der Waals surface area contributed by atoms with E-state index in [1.54, 1.807) is 6.20 Å². The molecular formula is C20H19N3O3. The molecule has 3 rings (SSSR count). The Kier molecular flexibility index (Phi) is 5.34. The summed E-state index contributed by atoms with van der Waals surface area (Å²) in [5, 5.41) is 6.69. The number of benzene rings is 2. The summed E-state index contributed by atoms with van der Waals surface area (Å²) in [4.78, 5) is 24.4. The molecule has 1 amide bonds. The summed E-state index contributed by atoms with van der Waals surface area (Å²) in [5.74, 6) is 0.654. The van der Waals surface area contributed by atoms with Crippen LogP contribution in [0.5, 0.6) is 5.88 Å². The van der Waals surface area contributed by atoms with Gasteiger partial charge in [0.2, 0.25) is 6.41 Å². The number of hydrogen-bond acceptors (Lipinski definition) is 4. The lowest BCUT2D eigenvalue weighted by atomic mass is 10.0. The maximum Gasteiger partial charge on any atom is 0.211 e. The molecule has 2 aromatic carbocycles. The summed E-state index contributed by atoms with van der Waals surface area (Å²) < 4.78 is 5.57. The number of carbonyl (C=O) groups excluding carboxylic acids is 2. The summed E-state index contributed by atoms with van der Waals surface area (Å²) in [6, 6.07) is 13.6. The normalized spacial score (nSPS) is 10.8. The predicted molar refractivity (Wildman–Crippen MR) is 103 cm³/mol. The van der Waals surface area contributed by atoms with Crippen molar-refractivity contribution in [3.63, 3.8) is 0 Å². The fourth-order valence-corrected chi connectivity index (χ4v) is 2.79. The lowest BCUT2D eigenvalue weighted by Crippen LogP contribution is -1.95. The lowest BCUT2D eigenvalue weighted by Gasteiger charge is -2.08. The third-order valence-electron chi connectivity index (χ3n) is 3.90. The van der Waals surface area contributed by atoms with Crippen molar-refractivity contribution in [3.05, 3.63) is 54.7 Å². The molecule has 0 atom stereocenters. The Hall–Kier alpha value is -3.54. The van der Waals surface area contributed by atoms with Crippen LogP contribution in [0.3, 0.4) is 0 Å². The number of hydrogen-bond donors (Lipinski definition) is 3. The molecule has 0 fully saturated rings. The van der Waals surface area contributed by atoms with Gasteiger partial charge in [-0.1, -0.05) is 18.2 Å². The first-order valence-corrected chi connectivity index (χ1v) is 8.22. The molecule has 0 aliphatic heterocycles. The highest BCUT2D eigenvalue weighted by Crippen LogP contribution is 2.36. The summed E-state index contributed by atoms with van der Waals surface area (Å²) in [7, 11) is 0. The van der Waals surface area contributed by atoms with Crippen LogP contribution in [0.25, 0.3) is 22.0 Å². The molecular weight excluding hydrogens is 330 g/mol. The smallest absolute Gasteiger partial charge is 0.211 e. The third kappa shape index (κ3) is 3.59. The van der Waals surface area contributed by atoms with Crippen molar-refractivity contribution in [1.82, 2.24) is 4.98 Å². The van der Waals surface area contributed by atoms with E-state index in [9.17, 15) is 9.59 Å². The largest absolute Gasteiger partial charge is 0.479 e. The van der Waals surface area contributed by atoms with Crippen molar-refractivity contribution in [3.8, 4) is 17.0 Å². The molecule has 6 heteroatoms. The van der Waals surface area contributed by atoms with E-state index in [4.69, 9.17) is 4.74 Å². The van der Waals surface area contributed by atoms with E-state index in [0.717, 1.165) is 34.0 Å². The highest BCUT2D eigenvalue weighted by molar-refractivity contribution is 6.04. The zero-order valence-electron chi connectivity index (χ0n) is 14.3. The molecule has 1 heterocycles. The Labute approximate surface area is 150 Å². The van der Waals surface area contributed by atoms with Crippen LogP contribution in [-0.2, 0) is 9.59 Å². The molecule has 0 aliphatic rings. The number of anilines is 2. The van der Waals surface area contributed by atoms with Crippen LogP contribution in [0.1, 0.15) is 6.92 Å². The number of amides is 1. The molecule has 132 valence electrons. The molecule has 1 aromatic heterocycles. The topological polar surface area (TPSA) is 83.2 Å². The maximum atomic E-state index is 10.9. The number of carbonyl (C=O) groups is 2. The third-order valence-corrected chi connectivity index (χ3v) is 3.90. The number of fused-ring (bicyclic) bond motifs is 1. The summed E-state index contributed by atoms with van der Waals surface area (Å²) in [6.07, 6.45) is 4.35. The zero-order chi connectivity index (χ0) is 18.4. The Morgan fingerprint density at radius 2 is 1.88 bits per heavy atom. The fourth-order valence-electron chi connectivity index (χ4n) is 2.79. The van der Waals surface area contributed by atoms with Crippen LogP contribution in [0, 0.1) is 0 Å². The first kappa shape index (κ1) is 17.3. The monoisotopic (exact) mass is 349 g/mol. The van der Waals surface area contributed by atoms with E-state index in [-0.39, 0.29) is 0 Å². The molecule has 0 spiro atoms. The van der Waals surface area contributed by atoms with Crippen LogP contribution in [0.4, 0.5) is 11.4 Å². The number of rotatable bonds is 8. The van der Waals surface area contributed by atoms with Gasteiger partial charge < -0.3 is 20.4 Å². The van der Waals surface area contributed by atoms with Crippen molar-refractivity contribution in [1.29, 1.82) is 0 Å². The highest BCUT2D eigenvalue weighted by atomic mass is 16.5. The van der Waals surface area contributed by atoms with Gasteiger partial charge in [0.05, 0.1) is 17.8 Å². The van der Waals surface area contributed by atoms with E-state index >= 15 is 0 Å². The van der Waals surface area contributed by atoms with E-state index in [0.29, 0.717) is 24.6 Å². The second-order valence-electron chi connectivity index (χ2n) is 5.50. The quantitative estimate of drug-likeness (QED) is 0.425. The number of H-pyrrole nitrogens is 1. The molecule has 0 radical (unpaired) electrons. The summed E-state index contributed by atoms with van der Waals surface area (Å²) in [6.45, 7) is 2.47. The minimum Gasteiger partial charge on any atom is -0.479 e. The standard InChI is InChI=1S/C20H19N3O3/c1-2-26-19-12-17-16(8-9-18(22-13-25)20(17)23-19)14-4-6-15(7-5-14)21-10-3-11-24/h3-13,21,23H,2H2,1H3,(H,22,25). The summed E-state index contributed by atoms with van der Waals surface area (Å²) >= 11 is 0. The van der Waals surface area contributed by atoms with Gasteiger partial charge in [0.15, 0.2) is 5.88 Å². The zero-order valence-corrected chi connectivity index (χ0v) is 14.3. The van der Waals surface area contributed by atoms with Crippen LogP contribution < -0.4 is 15.4 Å². The first-order chi connectivity index (χ1) is 12.8. The number of nitrogens with one attached hydrogen (secondary N) is 3. The van der Waals surface area contributed by atoms with Gasteiger partial charge in [0, 0.05) is 23.3 Å². The Bertz CT molecular complexity index is 943. The van der Waals surface area contributed by atoms with Gasteiger partial charge >= 0.3 is 0 Å². The Balaban J connectivity index is 2.01. The number of allylic oxidation sites excluding steroid dienone is 1. The van der Waals surface area contributed by atoms with Gasteiger partial charge in [-0.15, -0.1) is 0 Å². The molecule has 0 aliphatic carbocycles. The number of aromatic amines is 1. The van der Waals surface area contributed by atoms with Crippen LogP contribution >= 0.6 is 0 Å². The van der Waals surface area contributed by atoms with E-state index in [1.165, 1.54) is 6.08 Å². The van der Waals surface area contributed by atoms with Gasteiger partial charge in [-0.2, -0.15) is 0 Å². The molecule has 0 saturated heterocycles. The number of aromatic nitrogens is 1. The van der Waals surface area contributed by atoms with Gasteiger partial charge in [0.25, 0.3) is 0 Å². The molecule has 0 saturated carbocycles. The Morgan fingerprint density at radius 1 is 1.08 bits per heavy atom. The molecule has 26 heavy (non-hydrogen) atoms. The van der Waals surface area contributed by atoms with Gasteiger partial charge in [-0.25, -0.2) is 0 Å². The van der Waals surface area contributed by atoms with Gasteiger partial charge in [-0.05, 0) is 42.3 Å². The molecule has 0 unspecified atom stereocenters. The van der Waals surface area contributed by atoms with Crippen LogP contribution in [0.15, 0.2) is 54.7 Å². The van der Waals surface area contributed by atoms with Crippen molar-refractivity contribution in [2.45, 2.75) is 6.92 Å². The Morgan fingerprint density at radius 3 is 2.58 bits per heavy atom. The van der Waals surface area contributed by atoms with E-state index in [2.05, 4.69) is 15.6 Å². The van der Waals surface area contributed by atoms with E-state index in [1.807, 2.05) is 49.4 Å². The molecule has 3 N–H and O–H groups in total. The maximum absolute atomic E-state index is 10.9. The van der Waals surface area contributed by atoms with Crippen LogP contribution in [0.2, 0.25) is 0 Å². The van der Waals surface area contributed by atoms with Gasteiger partial charge in [-0.3, -0.25) is 9.59 Å². The molecule has 0 bridgehead atoms. The predicted octanol–water partition coefficient (Wildman–Crippen LogP) is 3.93. The van der Waals surface area contributed by atoms with Crippen molar-refractivity contribution in [2.75, 3.05) is 17.2 Å². The number of ether oxygens (including phenoxy) is 1.